The van der Waals surface area contributed by atoms with Crippen molar-refractivity contribution in [1.82, 2.24) is 9.97 Å². The van der Waals surface area contributed by atoms with Gasteiger partial charge in [-0.05, 0) is 31.2 Å². The van der Waals surface area contributed by atoms with E-state index in [9.17, 15) is 0 Å². The molecule has 0 fully saturated rings. The number of anilines is 3. The molecule has 112 valence electrons. The fourth-order valence-corrected chi connectivity index (χ4v) is 2.46. The highest BCUT2D eigenvalue weighted by molar-refractivity contribution is 7.98. The molecule has 0 spiro atoms. The summed E-state index contributed by atoms with van der Waals surface area (Å²) < 4.78 is 0. The van der Waals surface area contributed by atoms with Crippen LogP contribution in [-0.2, 0) is 0 Å². The van der Waals surface area contributed by atoms with Crippen molar-refractivity contribution >= 4 is 29.1 Å². The number of nitrogens with one attached hydrogen (secondary N) is 1. The zero-order valence-electron chi connectivity index (χ0n) is 13.1. The van der Waals surface area contributed by atoms with Crippen LogP contribution in [0.4, 0.5) is 17.3 Å². The van der Waals surface area contributed by atoms with Gasteiger partial charge in [0.1, 0.15) is 11.6 Å². The van der Waals surface area contributed by atoms with Crippen LogP contribution in [-0.4, -0.2) is 29.8 Å². The number of rotatable bonds is 6. The van der Waals surface area contributed by atoms with Gasteiger partial charge < -0.3 is 10.2 Å². The Balaban J connectivity index is 2.35. The second-order valence-electron chi connectivity index (χ2n) is 4.87. The van der Waals surface area contributed by atoms with E-state index in [0.717, 1.165) is 35.4 Å². The maximum absolute atomic E-state index is 4.62. The zero-order valence-corrected chi connectivity index (χ0v) is 13.9. The van der Waals surface area contributed by atoms with Crippen LogP contribution in [0.15, 0.2) is 35.5 Å². The maximum Gasteiger partial charge on any atom is 0.191 e. The molecule has 5 heteroatoms. The first-order valence-electron chi connectivity index (χ1n) is 7.12. The Bertz CT molecular complexity index is 601. The Labute approximate surface area is 131 Å². The lowest BCUT2D eigenvalue weighted by Crippen LogP contribution is -2.14. The minimum atomic E-state index is 0.784. The van der Waals surface area contributed by atoms with E-state index in [2.05, 4.69) is 46.2 Å². The SMILES string of the molecule is CCCNc1cc(N(C)c2ccccc2C)nc(SC)n1. The van der Waals surface area contributed by atoms with Gasteiger partial charge in [0.15, 0.2) is 5.16 Å². The van der Waals surface area contributed by atoms with Crippen LogP contribution >= 0.6 is 11.8 Å². The fourth-order valence-electron chi connectivity index (χ4n) is 2.08. The Hall–Kier alpha value is -1.75. The molecule has 0 saturated heterocycles. The molecule has 4 nitrogen and oxygen atoms in total. The minimum Gasteiger partial charge on any atom is -0.370 e. The van der Waals surface area contributed by atoms with Gasteiger partial charge in [0.25, 0.3) is 0 Å². The molecule has 0 aliphatic carbocycles. The fraction of sp³-hybridized carbons (Fsp3) is 0.375. The topological polar surface area (TPSA) is 41.0 Å². The van der Waals surface area contributed by atoms with Gasteiger partial charge in [-0.1, -0.05) is 36.9 Å². The Morgan fingerprint density at radius 3 is 2.67 bits per heavy atom. The Morgan fingerprint density at radius 2 is 2.00 bits per heavy atom. The van der Waals surface area contributed by atoms with E-state index in [0.29, 0.717) is 0 Å². The van der Waals surface area contributed by atoms with E-state index in [4.69, 9.17) is 0 Å². The summed E-state index contributed by atoms with van der Waals surface area (Å²) in [6.07, 6.45) is 3.07. The highest BCUT2D eigenvalue weighted by Gasteiger charge is 2.11. The normalized spacial score (nSPS) is 10.5. The summed E-state index contributed by atoms with van der Waals surface area (Å²) in [4.78, 5) is 11.2. The number of hydrogen-bond donors (Lipinski definition) is 1. The van der Waals surface area contributed by atoms with Crippen molar-refractivity contribution in [2.75, 3.05) is 30.1 Å². The third-order valence-corrected chi connectivity index (χ3v) is 3.80. The number of benzene rings is 1. The summed E-state index contributed by atoms with van der Waals surface area (Å²) in [6, 6.07) is 10.3. The summed E-state index contributed by atoms with van der Waals surface area (Å²) in [5, 5.41) is 4.12. The largest absolute Gasteiger partial charge is 0.370 e. The van der Waals surface area contributed by atoms with Crippen LogP contribution < -0.4 is 10.2 Å². The zero-order chi connectivity index (χ0) is 15.2. The molecule has 0 saturated carbocycles. The molecule has 21 heavy (non-hydrogen) atoms. The summed E-state index contributed by atoms with van der Waals surface area (Å²) >= 11 is 1.56. The van der Waals surface area contributed by atoms with Gasteiger partial charge >= 0.3 is 0 Å². The summed E-state index contributed by atoms with van der Waals surface area (Å²) in [7, 11) is 2.04. The number of thioether (sulfide) groups is 1. The molecule has 1 aromatic heterocycles. The van der Waals surface area contributed by atoms with Crippen molar-refractivity contribution < 1.29 is 0 Å². The van der Waals surface area contributed by atoms with Gasteiger partial charge in [-0.3, -0.25) is 0 Å². The standard InChI is InChI=1S/C16H22N4S/c1-5-10-17-14-11-15(19-16(18-14)21-4)20(3)13-9-7-6-8-12(13)2/h6-9,11H,5,10H2,1-4H3,(H,17,18,19). The van der Waals surface area contributed by atoms with Crippen molar-refractivity contribution in [2.45, 2.75) is 25.4 Å². The highest BCUT2D eigenvalue weighted by atomic mass is 32.2. The van der Waals surface area contributed by atoms with Crippen LogP contribution in [0.2, 0.25) is 0 Å². The second-order valence-corrected chi connectivity index (χ2v) is 5.64. The molecule has 2 aromatic rings. The lowest BCUT2D eigenvalue weighted by Gasteiger charge is -2.21. The van der Waals surface area contributed by atoms with Crippen molar-refractivity contribution in [3.8, 4) is 0 Å². The third kappa shape index (κ3) is 3.88. The van der Waals surface area contributed by atoms with Crippen LogP contribution in [0.3, 0.4) is 0 Å². The molecule has 0 atom stereocenters. The number of aryl methyl sites for hydroxylation is 1. The lowest BCUT2D eigenvalue weighted by atomic mass is 10.2. The van der Waals surface area contributed by atoms with E-state index < -0.39 is 0 Å². The van der Waals surface area contributed by atoms with Crippen LogP contribution in [0.25, 0.3) is 0 Å². The number of aromatic nitrogens is 2. The van der Waals surface area contributed by atoms with Crippen molar-refractivity contribution in [3.63, 3.8) is 0 Å². The number of para-hydroxylation sites is 1. The molecular weight excluding hydrogens is 280 g/mol. The minimum absolute atomic E-state index is 0.784. The van der Waals surface area contributed by atoms with Crippen LogP contribution in [0.5, 0.6) is 0 Å². The smallest absolute Gasteiger partial charge is 0.191 e. The van der Waals surface area contributed by atoms with E-state index in [1.807, 2.05) is 31.5 Å². The number of hydrogen-bond acceptors (Lipinski definition) is 5. The molecule has 0 bridgehead atoms. The molecule has 1 heterocycles. The lowest BCUT2D eigenvalue weighted by molar-refractivity contribution is 0.915. The van der Waals surface area contributed by atoms with Crippen molar-refractivity contribution in [1.29, 1.82) is 0 Å². The maximum atomic E-state index is 4.62. The highest BCUT2D eigenvalue weighted by Crippen LogP contribution is 2.27. The van der Waals surface area contributed by atoms with Gasteiger partial charge in [-0.2, -0.15) is 0 Å². The van der Waals surface area contributed by atoms with Crippen LogP contribution in [0.1, 0.15) is 18.9 Å². The molecule has 2 rings (SSSR count). The monoisotopic (exact) mass is 302 g/mol. The molecule has 0 unspecified atom stereocenters. The quantitative estimate of drug-likeness (QED) is 0.643. The first kappa shape index (κ1) is 15.6. The molecule has 1 N–H and O–H groups in total. The average Bonchev–Trinajstić information content (AvgIpc) is 2.52. The Kier molecular flexibility index (Phi) is 5.44. The van der Waals surface area contributed by atoms with E-state index in [-0.39, 0.29) is 0 Å². The molecule has 1 aromatic carbocycles. The summed E-state index contributed by atoms with van der Waals surface area (Å²) in [5.41, 5.74) is 2.39. The average molecular weight is 302 g/mol. The predicted octanol–water partition coefficient (Wildman–Crippen LogP) is 4.10. The molecular formula is C16H22N4S. The first-order valence-corrected chi connectivity index (χ1v) is 8.34. The second kappa shape index (κ2) is 7.31. The molecule has 0 amide bonds. The third-order valence-electron chi connectivity index (χ3n) is 3.25. The molecule has 0 aliphatic rings. The summed E-state index contributed by atoms with van der Waals surface area (Å²) in [5.74, 6) is 1.79. The van der Waals surface area contributed by atoms with Gasteiger partial charge in [0.05, 0.1) is 0 Å². The van der Waals surface area contributed by atoms with E-state index in [1.165, 1.54) is 5.56 Å². The predicted molar refractivity (Wildman–Crippen MR) is 91.8 cm³/mol. The van der Waals surface area contributed by atoms with Gasteiger partial charge in [0.2, 0.25) is 0 Å². The Morgan fingerprint density at radius 1 is 1.24 bits per heavy atom. The van der Waals surface area contributed by atoms with Crippen molar-refractivity contribution in [2.24, 2.45) is 0 Å². The van der Waals surface area contributed by atoms with Gasteiger partial charge in [-0.25, -0.2) is 9.97 Å². The summed E-state index contributed by atoms with van der Waals surface area (Å²) in [6.45, 7) is 5.17. The van der Waals surface area contributed by atoms with Gasteiger partial charge in [-0.15, -0.1) is 0 Å². The van der Waals surface area contributed by atoms with E-state index >= 15 is 0 Å². The van der Waals surface area contributed by atoms with Gasteiger partial charge in [0, 0.05) is 25.3 Å². The first-order chi connectivity index (χ1) is 10.2. The molecule has 0 aliphatic heterocycles. The number of nitrogens with zero attached hydrogens (tertiary/aromatic N) is 3. The van der Waals surface area contributed by atoms with E-state index in [1.54, 1.807) is 11.8 Å². The van der Waals surface area contributed by atoms with Crippen LogP contribution in [0, 0.1) is 6.92 Å². The van der Waals surface area contributed by atoms with Crippen molar-refractivity contribution in [3.05, 3.63) is 35.9 Å². The molecule has 0 radical (unpaired) electrons.